The van der Waals surface area contributed by atoms with E-state index in [4.69, 9.17) is 5.73 Å². The zero-order chi connectivity index (χ0) is 19.4. The number of carbonyl (C=O) groups excluding carboxylic acids is 3. The van der Waals surface area contributed by atoms with Crippen LogP contribution in [0.4, 0.5) is 10.5 Å². The number of amides is 4. The van der Waals surface area contributed by atoms with Crippen LogP contribution in [0, 0.1) is 0 Å². The van der Waals surface area contributed by atoms with Crippen LogP contribution in [0.5, 0.6) is 0 Å². The minimum atomic E-state index is -0.621. The first-order valence-electron chi connectivity index (χ1n) is 8.76. The number of nitrogens with zero attached hydrogens (tertiary/aromatic N) is 1. The number of nitrogens with two attached hydrogens (primary N) is 1. The number of likely N-dealkylation sites (tertiary alicyclic amines) is 1. The lowest BCUT2D eigenvalue weighted by Crippen LogP contribution is -2.45. The monoisotopic (exact) mass is 366 g/mol. The van der Waals surface area contributed by atoms with E-state index in [1.165, 1.54) is 0 Å². The summed E-state index contributed by atoms with van der Waals surface area (Å²) in [5.74, 6) is -0.548. The van der Waals surface area contributed by atoms with E-state index < -0.39 is 11.9 Å². The van der Waals surface area contributed by atoms with Crippen molar-refractivity contribution in [2.45, 2.75) is 25.4 Å². The molecule has 0 aromatic heterocycles. The predicted molar refractivity (Wildman–Crippen MR) is 102 cm³/mol. The van der Waals surface area contributed by atoms with Gasteiger partial charge in [-0.1, -0.05) is 30.3 Å². The van der Waals surface area contributed by atoms with Crippen molar-refractivity contribution in [1.82, 2.24) is 15.5 Å². The van der Waals surface area contributed by atoms with Gasteiger partial charge in [0.1, 0.15) is 0 Å². The van der Waals surface area contributed by atoms with Crippen molar-refractivity contribution in [3.63, 3.8) is 0 Å². The van der Waals surface area contributed by atoms with Crippen LogP contribution in [0.3, 0.4) is 0 Å². The van der Waals surface area contributed by atoms with Crippen molar-refractivity contribution >= 4 is 23.5 Å². The normalized spacial score (nSPS) is 17.4. The van der Waals surface area contributed by atoms with Gasteiger partial charge in [0.2, 0.25) is 5.91 Å². The van der Waals surface area contributed by atoms with Crippen molar-refractivity contribution in [2.75, 3.05) is 12.3 Å². The van der Waals surface area contributed by atoms with Gasteiger partial charge in [0, 0.05) is 24.2 Å². The van der Waals surface area contributed by atoms with Gasteiger partial charge in [-0.2, -0.15) is 0 Å². The maximum Gasteiger partial charge on any atom is 0.322 e. The first kappa shape index (κ1) is 18.4. The fourth-order valence-electron chi connectivity index (χ4n) is 3.15. The predicted octanol–water partition coefficient (Wildman–Crippen LogP) is 2.07. The van der Waals surface area contributed by atoms with Crippen LogP contribution in [0.15, 0.2) is 54.6 Å². The summed E-state index contributed by atoms with van der Waals surface area (Å²) in [4.78, 5) is 38.2. The maximum absolute atomic E-state index is 12.3. The van der Waals surface area contributed by atoms with Gasteiger partial charge in [0.15, 0.2) is 0 Å². The Hall–Kier alpha value is -3.35. The van der Waals surface area contributed by atoms with E-state index in [-0.39, 0.29) is 24.4 Å². The zero-order valence-corrected chi connectivity index (χ0v) is 15.0. The lowest BCUT2D eigenvalue weighted by atomic mass is 10.1. The molecule has 1 aliphatic rings. The number of benzene rings is 2. The highest BCUT2D eigenvalue weighted by Crippen LogP contribution is 2.25. The molecule has 1 saturated heterocycles. The average molecular weight is 366 g/mol. The van der Waals surface area contributed by atoms with Crippen molar-refractivity contribution in [3.8, 4) is 0 Å². The topological polar surface area (TPSA) is 105 Å². The number of anilines is 1. The Morgan fingerprint density at radius 3 is 2.44 bits per heavy atom. The molecule has 1 fully saturated rings. The number of imide groups is 1. The van der Waals surface area contributed by atoms with Gasteiger partial charge >= 0.3 is 6.03 Å². The molecule has 2 atom stereocenters. The Morgan fingerprint density at radius 2 is 1.78 bits per heavy atom. The molecule has 2 aromatic rings. The van der Waals surface area contributed by atoms with E-state index in [1.54, 1.807) is 29.2 Å². The fourth-order valence-corrected chi connectivity index (χ4v) is 3.15. The summed E-state index contributed by atoms with van der Waals surface area (Å²) in [7, 11) is 0. The summed E-state index contributed by atoms with van der Waals surface area (Å²) in [6.07, 6.45) is 0.209. The minimum absolute atomic E-state index is 0.0264. The van der Waals surface area contributed by atoms with Gasteiger partial charge in [-0.3, -0.25) is 14.9 Å². The lowest BCUT2D eigenvalue weighted by Gasteiger charge is -2.25. The van der Waals surface area contributed by atoms with Gasteiger partial charge in [-0.15, -0.1) is 0 Å². The summed E-state index contributed by atoms with van der Waals surface area (Å²) in [6, 6.07) is 14.9. The molecule has 1 aliphatic heterocycles. The molecule has 27 heavy (non-hydrogen) atoms. The second kappa shape index (κ2) is 7.90. The van der Waals surface area contributed by atoms with E-state index in [9.17, 15) is 14.4 Å². The number of hydrogen-bond acceptors (Lipinski definition) is 4. The molecule has 3 rings (SSSR count). The average Bonchev–Trinajstić information content (AvgIpc) is 3.02. The van der Waals surface area contributed by atoms with Gasteiger partial charge in [0.05, 0.1) is 12.1 Å². The second-order valence-corrected chi connectivity index (χ2v) is 6.58. The third kappa shape index (κ3) is 4.44. The van der Waals surface area contributed by atoms with Gasteiger partial charge in [0.25, 0.3) is 5.91 Å². The Balaban J connectivity index is 1.55. The maximum atomic E-state index is 12.3. The molecule has 0 bridgehead atoms. The lowest BCUT2D eigenvalue weighted by molar-refractivity contribution is -0.129. The molecule has 1 heterocycles. The molecular weight excluding hydrogens is 344 g/mol. The van der Waals surface area contributed by atoms with Crippen LogP contribution >= 0.6 is 0 Å². The third-order valence-corrected chi connectivity index (χ3v) is 4.64. The molecule has 0 radical (unpaired) electrons. The van der Waals surface area contributed by atoms with Crippen LogP contribution < -0.4 is 16.4 Å². The molecular formula is C20H22N4O3. The minimum Gasteiger partial charge on any atom is -0.399 e. The van der Waals surface area contributed by atoms with E-state index >= 15 is 0 Å². The largest absolute Gasteiger partial charge is 0.399 e. The second-order valence-electron chi connectivity index (χ2n) is 6.58. The van der Waals surface area contributed by atoms with Gasteiger partial charge in [-0.25, -0.2) is 4.79 Å². The van der Waals surface area contributed by atoms with Crippen molar-refractivity contribution in [2.24, 2.45) is 0 Å². The molecule has 140 valence electrons. The Labute approximate surface area is 157 Å². The zero-order valence-electron chi connectivity index (χ0n) is 15.0. The van der Waals surface area contributed by atoms with E-state index in [1.807, 2.05) is 37.3 Å². The quantitative estimate of drug-likeness (QED) is 0.721. The molecule has 7 nitrogen and oxygen atoms in total. The number of urea groups is 1. The van der Waals surface area contributed by atoms with Crippen LogP contribution in [0.2, 0.25) is 0 Å². The smallest absolute Gasteiger partial charge is 0.322 e. The number of nitrogen functional groups attached to an aromatic ring is 1. The molecule has 2 unspecified atom stereocenters. The molecule has 0 saturated carbocycles. The Morgan fingerprint density at radius 1 is 1.11 bits per heavy atom. The summed E-state index contributed by atoms with van der Waals surface area (Å²) in [6.45, 7) is 2.36. The summed E-state index contributed by atoms with van der Waals surface area (Å²) in [5.41, 5.74) is 7.49. The molecule has 4 N–H and O–H groups in total. The SMILES string of the molecule is CC(c1ccccc1)N1CC(NC(=O)NC(=O)c2ccc(N)cc2)CC1=O. The van der Waals surface area contributed by atoms with E-state index in [2.05, 4.69) is 10.6 Å². The number of carbonyl (C=O) groups is 3. The molecule has 7 heteroatoms. The van der Waals surface area contributed by atoms with Crippen LogP contribution in [0.25, 0.3) is 0 Å². The highest BCUT2D eigenvalue weighted by molar-refractivity contribution is 6.04. The summed E-state index contributed by atoms with van der Waals surface area (Å²) >= 11 is 0. The van der Waals surface area contributed by atoms with Crippen molar-refractivity contribution < 1.29 is 14.4 Å². The number of nitrogens with one attached hydrogen (secondary N) is 2. The van der Waals surface area contributed by atoms with Crippen LogP contribution in [0.1, 0.15) is 35.3 Å². The van der Waals surface area contributed by atoms with Crippen LogP contribution in [-0.2, 0) is 4.79 Å². The number of rotatable bonds is 4. The molecule has 2 aromatic carbocycles. The first-order chi connectivity index (χ1) is 12.9. The highest BCUT2D eigenvalue weighted by Gasteiger charge is 2.34. The molecule has 0 aliphatic carbocycles. The van der Waals surface area contributed by atoms with Crippen molar-refractivity contribution in [1.29, 1.82) is 0 Å². The molecule has 4 amide bonds. The molecule has 0 spiro atoms. The third-order valence-electron chi connectivity index (χ3n) is 4.64. The van der Waals surface area contributed by atoms with E-state index in [0.29, 0.717) is 17.8 Å². The standard InChI is InChI=1S/C20H22N4O3/c1-13(14-5-3-2-4-6-14)24-12-17(11-18(24)25)22-20(27)23-19(26)15-7-9-16(21)10-8-15/h2-10,13,17H,11-12,21H2,1H3,(H2,22,23,26,27). The number of hydrogen-bond donors (Lipinski definition) is 3. The summed E-state index contributed by atoms with van der Waals surface area (Å²) in [5, 5.41) is 4.97. The summed E-state index contributed by atoms with van der Waals surface area (Å²) < 4.78 is 0. The van der Waals surface area contributed by atoms with E-state index in [0.717, 1.165) is 5.56 Å². The Kier molecular flexibility index (Phi) is 5.40. The van der Waals surface area contributed by atoms with Crippen molar-refractivity contribution in [3.05, 3.63) is 65.7 Å². The van der Waals surface area contributed by atoms with Gasteiger partial charge < -0.3 is 16.0 Å². The first-order valence-corrected chi connectivity index (χ1v) is 8.76. The van der Waals surface area contributed by atoms with Gasteiger partial charge in [-0.05, 0) is 36.8 Å². The van der Waals surface area contributed by atoms with Crippen LogP contribution in [-0.4, -0.2) is 35.3 Å². The fraction of sp³-hybridized carbons (Fsp3) is 0.250. The Bertz CT molecular complexity index is 836. The highest BCUT2D eigenvalue weighted by atomic mass is 16.2.